The van der Waals surface area contributed by atoms with E-state index in [1.54, 1.807) is 6.07 Å². The predicted octanol–water partition coefficient (Wildman–Crippen LogP) is 3.68. The first-order valence-corrected chi connectivity index (χ1v) is 8.63. The largest absolute Gasteiger partial charge is 0.326 e. The fraction of sp³-hybridized carbons (Fsp3) is 0.625. The van der Waals surface area contributed by atoms with Crippen molar-refractivity contribution in [1.82, 2.24) is 4.90 Å². The number of nitrogens with two attached hydrogens (primary N) is 1. The fourth-order valence-corrected chi connectivity index (χ4v) is 3.03. The summed E-state index contributed by atoms with van der Waals surface area (Å²) in [6.45, 7) is 4.24. The van der Waals surface area contributed by atoms with Gasteiger partial charge in [0.25, 0.3) is 0 Å². The lowest BCUT2D eigenvalue weighted by molar-refractivity contribution is 0.152. The molecule has 0 amide bonds. The molecule has 1 aromatic rings. The van der Waals surface area contributed by atoms with Crippen LogP contribution in [0.15, 0.2) is 24.3 Å². The van der Waals surface area contributed by atoms with Crippen LogP contribution in [0.3, 0.4) is 0 Å². The topological polar surface area (TPSA) is 29.3 Å². The first-order chi connectivity index (χ1) is 9.52. The normalized spacial score (nSPS) is 16.1. The van der Waals surface area contributed by atoms with E-state index in [0.717, 1.165) is 18.6 Å². The van der Waals surface area contributed by atoms with Crippen LogP contribution in [0.25, 0.3) is 0 Å². The molecular formula is C16H27FN2S. The van der Waals surface area contributed by atoms with Crippen molar-refractivity contribution in [2.24, 2.45) is 5.73 Å². The molecule has 3 atom stereocenters. The average Bonchev–Trinajstić information content (AvgIpc) is 2.46. The van der Waals surface area contributed by atoms with E-state index < -0.39 is 0 Å². The zero-order valence-electron chi connectivity index (χ0n) is 13.0. The number of benzene rings is 1. The van der Waals surface area contributed by atoms with Gasteiger partial charge in [0, 0.05) is 17.6 Å². The Balaban J connectivity index is 2.98. The molecule has 1 rings (SSSR count). The Morgan fingerprint density at radius 2 is 2.00 bits per heavy atom. The van der Waals surface area contributed by atoms with E-state index in [9.17, 15) is 4.39 Å². The van der Waals surface area contributed by atoms with Crippen molar-refractivity contribution in [3.63, 3.8) is 0 Å². The lowest BCUT2D eigenvalue weighted by atomic mass is 9.94. The Kier molecular flexibility index (Phi) is 7.56. The maximum absolute atomic E-state index is 14.1. The van der Waals surface area contributed by atoms with E-state index in [1.807, 2.05) is 23.9 Å². The van der Waals surface area contributed by atoms with Crippen LogP contribution in [-0.2, 0) is 0 Å². The molecule has 0 fully saturated rings. The second-order valence-electron chi connectivity index (χ2n) is 5.33. The van der Waals surface area contributed by atoms with Crippen molar-refractivity contribution in [2.75, 3.05) is 19.1 Å². The average molecular weight is 298 g/mol. The van der Waals surface area contributed by atoms with Gasteiger partial charge in [0.05, 0.1) is 6.04 Å². The second-order valence-corrected chi connectivity index (χ2v) is 6.32. The predicted molar refractivity (Wildman–Crippen MR) is 87.6 cm³/mol. The number of hydrogen-bond donors (Lipinski definition) is 1. The van der Waals surface area contributed by atoms with Gasteiger partial charge >= 0.3 is 0 Å². The van der Waals surface area contributed by atoms with Crippen LogP contribution in [0.4, 0.5) is 4.39 Å². The van der Waals surface area contributed by atoms with Crippen LogP contribution in [-0.4, -0.2) is 36.0 Å². The number of likely N-dealkylation sites (N-methyl/N-ethyl adjacent to an activating group) is 1. The molecule has 0 heterocycles. The first-order valence-electron chi connectivity index (χ1n) is 7.23. The lowest BCUT2D eigenvalue weighted by Gasteiger charge is -2.37. The molecule has 0 aliphatic rings. The zero-order chi connectivity index (χ0) is 15.1. The van der Waals surface area contributed by atoms with Crippen molar-refractivity contribution in [1.29, 1.82) is 0 Å². The summed E-state index contributed by atoms with van der Waals surface area (Å²) in [5, 5.41) is 0. The highest BCUT2D eigenvalue weighted by molar-refractivity contribution is 7.98. The van der Waals surface area contributed by atoms with Crippen LogP contribution < -0.4 is 5.73 Å². The van der Waals surface area contributed by atoms with Gasteiger partial charge in [0.2, 0.25) is 0 Å². The Morgan fingerprint density at radius 1 is 1.35 bits per heavy atom. The Labute approximate surface area is 126 Å². The maximum atomic E-state index is 14.1. The summed E-state index contributed by atoms with van der Waals surface area (Å²) in [5.74, 6) is 0.946. The minimum atomic E-state index is -0.162. The quantitative estimate of drug-likeness (QED) is 0.794. The highest BCUT2D eigenvalue weighted by atomic mass is 32.2. The minimum absolute atomic E-state index is 0.0615. The summed E-state index contributed by atoms with van der Waals surface area (Å²) in [4.78, 5) is 2.22. The van der Waals surface area contributed by atoms with Crippen LogP contribution >= 0.6 is 11.8 Å². The number of hydrogen-bond acceptors (Lipinski definition) is 3. The van der Waals surface area contributed by atoms with Crippen molar-refractivity contribution >= 4 is 11.8 Å². The van der Waals surface area contributed by atoms with E-state index in [4.69, 9.17) is 5.73 Å². The molecule has 0 aliphatic carbocycles. The summed E-state index contributed by atoms with van der Waals surface area (Å²) in [6.07, 6.45) is 4.02. The van der Waals surface area contributed by atoms with Gasteiger partial charge < -0.3 is 5.73 Å². The Morgan fingerprint density at radius 3 is 2.55 bits per heavy atom. The SMILES string of the molecule is CCC(N)C(c1ccccc1F)N(C)C(C)CCSC. The molecule has 3 unspecified atom stereocenters. The molecule has 2 nitrogen and oxygen atoms in total. The fourth-order valence-electron chi connectivity index (χ4n) is 2.46. The van der Waals surface area contributed by atoms with Crippen molar-refractivity contribution in [3.05, 3.63) is 35.6 Å². The molecular weight excluding hydrogens is 271 g/mol. The molecule has 0 saturated carbocycles. The molecule has 4 heteroatoms. The first kappa shape index (κ1) is 17.5. The van der Waals surface area contributed by atoms with Gasteiger partial charge in [-0.05, 0) is 44.9 Å². The number of halogens is 1. The van der Waals surface area contributed by atoms with Crippen LogP contribution in [0.2, 0.25) is 0 Å². The molecule has 0 saturated heterocycles. The summed E-state index contributed by atoms with van der Waals surface area (Å²) in [6, 6.07) is 7.23. The van der Waals surface area contributed by atoms with Crippen LogP contribution in [0.1, 0.15) is 38.3 Å². The highest BCUT2D eigenvalue weighted by Gasteiger charge is 2.28. The van der Waals surface area contributed by atoms with Crippen molar-refractivity contribution in [3.8, 4) is 0 Å². The van der Waals surface area contributed by atoms with Crippen molar-refractivity contribution in [2.45, 2.75) is 44.8 Å². The van der Waals surface area contributed by atoms with E-state index in [2.05, 4.69) is 32.1 Å². The van der Waals surface area contributed by atoms with Gasteiger partial charge in [0.15, 0.2) is 0 Å². The molecule has 0 bridgehead atoms. The summed E-state index contributed by atoms with van der Waals surface area (Å²) in [7, 11) is 2.05. The molecule has 0 radical (unpaired) electrons. The standard InChI is InChI=1S/C16H27FN2S/c1-5-15(18)16(13-8-6-7-9-14(13)17)19(3)12(2)10-11-20-4/h6-9,12,15-16H,5,10-11,18H2,1-4H3. The smallest absolute Gasteiger partial charge is 0.128 e. The van der Waals surface area contributed by atoms with Gasteiger partial charge in [-0.15, -0.1) is 0 Å². The van der Waals surface area contributed by atoms with Gasteiger partial charge in [-0.3, -0.25) is 4.90 Å². The number of rotatable bonds is 8. The molecule has 1 aromatic carbocycles. The van der Waals surface area contributed by atoms with E-state index in [-0.39, 0.29) is 17.9 Å². The molecule has 0 aromatic heterocycles. The number of nitrogens with zero attached hydrogens (tertiary/aromatic N) is 1. The maximum Gasteiger partial charge on any atom is 0.128 e. The number of thioether (sulfide) groups is 1. The van der Waals surface area contributed by atoms with Gasteiger partial charge in [-0.25, -0.2) is 4.39 Å². The van der Waals surface area contributed by atoms with E-state index >= 15 is 0 Å². The minimum Gasteiger partial charge on any atom is -0.326 e. The Hall–Kier alpha value is -0.580. The lowest BCUT2D eigenvalue weighted by Crippen LogP contribution is -2.43. The van der Waals surface area contributed by atoms with Crippen LogP contribution in [0.5, 0.6) is 0 Å². The summed E-state index contributed by atoms with van der Waals surface area (Å²) in [5.41, 5.74) is 6.98. The summed E-state index contributed by atoms with van der Waals surface area (Å²) < 4.78 is 14.1. The highest BCUT2D eigenvalue weighted by Crippen LogP contribution is 2.28. The monoisotopic (exact) mass is 298 g/mol. The van der Waals surface area contributed by atoms with E-state index in [0.29, 0.717) is 11.6 Å². The van der Waals surface area contributed by atoms with Crippen molar-refractivity contribution < 1.29 is 4.39 Å². The van der Waals surface area contributed by atoms with E-state index in [1.165, 1.54) is 6.07 Å². The summed E-state index contributed by atoms with van der Waals surface area (Å²) >= 11 is 1.84. The Bertz CT molecular complexity index is 400. The molecule has 0 spiro atoms. The molecule has 114 valence electrons. The molecule has 20 heavy (non-hydrogen) atoms. The second kappa shape index (κ2) is 8.65. The zero-order valence-corrected chi connectivity index (χ0v) is 13.8. The van der Waals surface area contributed by atoms with Crippen LogP contribution in [0, 0.1) is 5.82 Å². The van der Waals surface area contributed by atoms with Gasteiger partial charge in [0.1, 0.15) is 5.82 Å². The molecule has 2 N–H and O–H groups in total. The molecule has 0 aliphatic heterocycles. The van der Waals surface area contributed by atoms with Gasteiger partial charge in [-0.1, -0.05) is 25.1 Å². The third kappa shape index (κ3) is 4.47. The van der Waals surface area contributed by atoms with Gasteiger partial charge in [-0.2, -0.15) is 11.8 Å². The third-order valence-electron chi connectivity index (χ3n) is 3.97. The third-order valence-corrected chi connectivity index (χ3v) is 4.62.